The second kappa shape index (κ2) is 10.00. The minimum atomic E-state index is -0.0721. The maximum absolute atomic E-state index is 5.76. The molecule has 0 aliphatic carbocycles. The standard InChI is InChI=1S/C15H31N3O2/c1-4-16-14(17-10-6-7-11-19-5-2)18-13-15(3)9-8-12-20-15/h4-13H2,1-3H3,(H2,16,17,18). The molecule has 0 amide bonds. The van der Waals surface area contributed by atoms with Crippen molar-refractivity contribution in [2.24, 2.45) is 4.99 Å². The van der Waals surface area contributed by atoms with Crippen molar-refractivity contribution in [1.29, 1.82) is 0 Å². The van der Waals surface area contributed by atoms with Gasteiger partial charge in [-0.25, -0.2) is 0 Å². The Labute approximate surface area is 123 Å². The summed E-state index contributed by atoms with van der Waals surface area (Å²) in [4.78, 5) is 4.64. The molecule has 1 aliphatic rings. The van der Waals surface area contributed by atoms with Crippen LogP contribution in [-0.2, 0) is 9.47 Å². The number of nitrogens with one attached hydrogen (secondary N) is 2. The summed E-state index contributed by atoms with van der Waals surface area (Å²) in [7, 11) is 0. The number of unbranched alkanes of at least 4 members (excludes halogenated alkanes) is 1. The zero-order valence-electron chi connectivity index (χ0n) is 13.3. The Morgan fingerprint density at radius 3 is 2.80 bits per heavy atom. The Bertz CT molecular complexity index is 276. The molecule has 20 heavy (non-hydrogen) atoms. The van der Waals surface area contributed by atoms with Crippen molar-refractivity contribution in [3.05, 3.63) is 0 Å². The van der Waals surface area contributed by atoms with E-state index in [2.05, 4.69) is 29.5 Å². The molecule has 0 spiro atoms. The Balaban J connectivity index is 2.24. The van der Waals surface area contributed by atoms with Gasteiger partial charge in [0, 0.05) is 32.9 Å². The number of ether oxygens (including phenoxy) is 2. The van der Waals surface area contributed by atoms with Gasteiger partial charge < -0.3 is 20.1 Å². The predicted molar refractivity (Wildman–Crippen MR) is 83.3 cm³/mol. The Morgan fingerprint density at radius 2 is 2.15 bits per heavy atom. The molecule has 0 bridgehead atoms. The van der Waals surface area contributed by atoms with E-state index in [4.69, 9.17) is 9.47 Å². The average molecular weight is 285 g/mol. The summed E-state index contributed by atoms with van der Waals surface area (Å²) in [5.74, 6) is 0.889. The second-order valence-electron chi connectivity index (χ2n) is 5.43. The van der Waals surface area contributed by atoms with Gasteiger partial charge in [0.05, 0.1) is 12.1 Å². The van der Waals surface area contributed by atoms with E-state index in [0.717, 1.165) is 71.1 Å². The molecule has 0 aromatic rings. The molecular weight excluding hydrogens is 254 g/mol. The fraction of sp³-hybridized carbons (Fsp3) is 0.933. The van der Waals surface area contributed by atoms with E-state index in [0.29, 0.717) is 0 Å². The zero-order valence-corrected chi connectivity index (χ0v) is 13.3. The zero-order chi connectivity index (χ0) is 14.7. The normalized spacial score (nSPS) is 23.1. The number of hydrogen-bond acceptors (Lipinski definition) is 3. The SMILES string of the molecule is CCNC(=NCC1(C)CCCO1)NCCCCOCC. The fourth-order valence-corrected chi connectivity index (χ4v) is 2.23. The summed E-state index contributed by atoms with van der Waals surface area (Å²) in [5, 5.41) is 6.64. The van der Waals surface area contributed by atoms with Crippen LogP contribution in [0, 0.1) is 0 Å². The average Bonchev–Trinajstić information content (AvgIpc) is 2.87. The van der Waals surface area contributed by atoms with Gasteiger partial charge in [0.15, 0.2) is 5.96 Å². The van der Waals surface area contributed by atoms with Gasteiger partial charge in [0.1, 0.15) is 0 Å². The van der Waals surface area contributed by atoms with Crippen molar-refractivity contribution in [3.63, 3.8) is 0 Å². The van der Waals surface area contributed by atoms with Crippen LogP contribution in [0.4, 0.5) is 0 Å². The molecule has 1 heterocycles. The van der Waals surface area contributed by atoms with E-state index in [9.17, 15) is 0 Å². The first-order chi connectivity index (χ1) is 9.70. The highest BCUT2D eigenvalue weighted by atomic mass is 16.5. The van der Waals surface area contributed by atoms with E-state index in [1.807, 2.05) is 6.92 Å². The van der Waals surface area contributed by atoms with Crippen LogP contribution in [-0.4, -0.2) is 51.0 Å². The predicted octanol–water partition coefficient (Wildman–Crippen LogP) is 1.93. The van der Waals surface area contributed by atoms with Gasteiger partial charge in [0.25, 0.3) is 0 Å². The van der Waals surface area contributed by atoms with Crippen LogP contribution in [0.5, 0.6) is 0 Å². The molecule has 0 aromatic heterocycles. The molecule has 5 heteroatoms. The summed E-state index contributed by atoms with van der Waals surface area (Å²) < 4.78 is 11.1. The Hall–Kier alpha value is -0.810. The van der Waals surface area contributed by atoms with Gasteiger partial charge in [-0.15, -0.1) is 0 Å². The lowest BCUT2D eigenvalue weighted by Gasteiger charge is -2.21. The molecule has 1 unspecified atom stereocenters. The molecule has 0 radical (unpaired) electrons. The molecule has 2 N–H and O–H groups in total. The first kappa shape index (κ1) is 17.2. The maximum Gasteiger partial charge on any atom is 0.191 e. The number of rotatable bonds is 9. The van der Waals surface area contributed by atoms with Crippen LogP contribution in [0.2, 0.25) is 0 Å². The smallest absolute Gasteiger partial charge is 0.191 e. The van der Waals surface area contributed by atoms with Gasteiger partial charge in [0.2, 0.25) is 0 Å². The van der Waals surface area contributed by atoms with E-state index in [1.165, 1.54) is 0 Å². The monoisotopic (exact) mass is 285 g/mol. The lowest BCUT2D eigenvalue weighted by atomic mass is 10.0. The molecule has 0 aromatic carbocycles. The third kappa shape index (κ3) is 7.10. The van der Waals surface area contributed by atoms with Crippen molar-refractivity contribution in [3.8, 4) is 0 Å². The Morgan fingerprint density at radius 1 is 1.30 bits per heavy atom. The number of nitrogens with zero attached hydrogens (tertiary/aromatic N) is 1. The highest BCUT2D eigenvalue weighted by molar-refractivity contribution is 5.79. The molecular formula is C15H31N3O2. The summed E-state index contributed by atoms with van der Waals surface area (Å²) in [5.41, 5.74) is -0.0721. The van der Waals surface area contributed by atoms with Crippen molar-refractivity contribution in [2.45, 2.75) is 52.1 Å². The minimum absolute atomic E-state index is 0.0721. The number of hydrogen-bond donors (Lipinski definition) is 2. The molecule has 1 atom stereocenters. The highest BCUT2D eigenvalue weighted by Crippen LogP contribution is 2.24. The van der Waals surface area contributed by atoms with Crippen LogP contribution in [0.25, 0.3) is 0 Å². The summed E-state index contributed by atoms with van der Waals surface area (Å²) >= 11 is 0. The highest BCUT2D eigenvalue weighted by Gasteiger charge is 2.29. The van der Waals surface area contributed by atoms with Gasteiger partial charge >= 0.3 is 0 Å². The van der Waals surface area contributed by atoms with E-state index < -0.39 is 0 Å². The molecule has 5 nitrogen and oxygen atoms in total. The molecule has 1 fully saturated rings. The second-order valence-corrected chi connectivity index (χ2v) is 5.43. The number of aliphatic imine (C=N–C) groups is 1. The van der Waals surface area contributed by atoms with Crippen LogP contribution < -0.4 is 10.6 Å². The maximum atomic E-state index is 5.76. The lowest BCUT2D eigenvalue weighted by Crippen LogP contribution is -2.39. The summed E-state index contributed by atoms with van der Waals surface area (Å²) in [6.07, 6.45) is 4.43. The van der Waals surface area contributed by atoms with Gasteiger partial charge in [-0.3, -0.25) is 4.99 Å². The van der Waals surface area contributed by atoms with Crippen LogP contribution in [0.15, 0.2) is 4.99 Å². The van der Waals surface area contributed by atoms with Crippen molar-refractivity contribution >= 4 is 5.96 Å². The van der Waals surface area contributed by atoms with E-state index in [1.54, 1.807) is 0 Å². The molecule has 118 valence electrons. The third-order valence-corrected chi connectivity index (χ3v) is 3.43. The van der Waals surface area contributed by atoms with Crippen LogP contribution in [0.1, 0.15) is 46.5 Å². The third-order valence-electron chi connectivity index (χ3n) is 3.43. The van der Waals surface area contributed by atoms with Gasteiger partial charge in [-0.05, 0) is 46.5 Å². The first-order valence-corrected chi connectivity index (χ1v) is 7.94. The fourth-order valence-electron chi connectivity index (χ4n) is 2.23. The number of guanidine groups is 1. The summed E-state index contributed by atoms with van der Waals surface area (Å²) in [6.45, 7) is 11.3. The van der Waals surface area contributed by atoms with Gasteiger partial charge in [-0.1, -0.05) is 0 Å². The lowest BCUT2D eigenvalue weighted by molar-refractivity contribution is 0.0283. The first-order valence-electron chi connectivity index (χ1n) is 7.94. The Kier molecular flexibility index (Phi) is 8.62. The minimum Gasteiger partial charge on any atom is -0.382 e. The van der Waals surface area contributed by atoms with Crippen molar-refractivity contribution in [2.75, 3.05) is 39.5 Å². The topological polar surface area (TPSA) is 54.9 Å². The largest absolute Gasteiger partial charge is 0.382 e. The van der Waals surface area contributed by atoms with Crippen molar-refractivity contribution in [1.82, 2.24) is 10.6 Å². The van der Waals surface area contributed by atoms with E-state index >= 15 is 0 Å². The molecule has 1 aliphatic heterocycles. The van der Waals surface area contributed by atoms with E-state index in [-0.39, 0.29) is 5.60 Å². The van der Waals surface area contributed by atoms with Crippen molar-refractivity contribution < 1.29 is 9.47 Å². The van der Waals surface area contributed by atoms with Crippen LogP contribution in [0.3, 0.4) is 0 Å². The summed E-state index contributed by atoms with van der Waals surface area (Å²) in [6, 6.07) is 0. The molecule has 1 saturated heterocycles. The molecule has 1 rings (SSSR count). The molecule has 0 saturated carbocycles. The van der Waals surface area contributed by atoms with Crippen LogP contribution >= 0.6 is 0 Å². The quantitative estimate of drug-likeness (QED) is 0.386. The van der Waals surface area contributed by atoms with Gasteiger partial charge in [-0.2, -0.15) is 0 Å².